The van der Waals surface area contributed by atoms with Gasteiger partial charge < -0.3 is 10.6 Å². The summed E-state index contributed by atoms with van der Waals surface area (Å²) in [5, 5.41) is 0. The molecule has 0 radical (unpaired) electrons. The summed E-state index contributed by atoms with van der Waals surface area (Å²) in [4.78, 5) is 15.4. The number of rotatable bonds is 2. The van der Waals surface area contributed by atoms with E-state index in [9.17, 15) is 9.18 Å². The Balaban J connectivity index is 2.08. The lowest BCUT2D eigenvalue weighted by Crippen LogP contribution is -2.58. The molecule has 0 bridgehead atoms. The van der Waals surface area contributed by atoms with Crippen LogP contribution in [-0.2, 0) is 6.54 Å². The number of nitrogens with zero attached hydrogens (tertiary/aromatic N) is 2. The van der Waals surface area contributed by atoms with E-state index >= 15 is 0 Å². The van der Waals surface area contributed by atoms with Gasteiger partial charge in [0.1, 0.15) is 5.82 Å². The maximum absolute atomic E-state index is 13.8. The first kappa shape index (κ1) is 15.3. The molecule has 2 N–H and O–H groups in total. The van der Waals surface area contributed by atoms with Crippen molar-refractivity contribution in [1.82, 2.24) is 0 Å². The van der Waals surface area contributed by atoms with Crippen molar-refractivity contribution >= 4 is 17.4 Å². The quantitative estimate of drug-likeness (QED) is 0.922. The lowest BCUT2D eigenvalue weighted by molar-refractivity contribution is 0.251. The van der Waals surface area contributed by atoms with Gasteiger partial charge in [-0.25, -0.2) is 9.18 Å². The molecule has 0 unspecified atom stereocenters. The van der Waals surface area contributed by atoms with Crippen LogP contribution in [0.1, 0.15) is 19.4 Å². The molecular weight excluding hydrogens is 293 g/mol. The first-order chi connectivity index (χ1) is 10.9. The predicted molar refractivity (Wildman–Crippen MR) is 90.0 cm³/mol. The normalized spacial score (nSPS) is 16.1. The van der Waals surface area contributed by atoms with Crippen LogP contribution in [0.4, 0.5) is 20.6 Å². The predicted octanol–water partition coefficient (Wildman–Crippen LogP) is 3.51. The summed E-state index contributed by atoms with van der Waals surface area (Å²) >= 11 is 0. The highest BCUT2D eigenvalue weighted by atomic mass is 19.1. The number of primary amides is 1. The maximum Gasteiger partial charge on any atom is 0.319 e. The molecule has 0 aromatic heterocycles. The second-order valence-corrected chi connectivity index (χ2v) is 6.44. The summed E-state index contributed by atoms with van der Waals surface area (Å²) in [5.74, 6) is -0.330. The molecule has 1 heterocycles. The standard InChI is InChI=1S/C18H20FN3O/c1-18(2)12-21(17(20)23)15-9-8-14(19)10-16(15)22(18)11-13-6-4-3-5-7-13/h3-10H,11-12H2,1-2H3,(H2,20,23). The largest absolute Gasteiger partial charge is 0.359 e. The summed E-state index contributed by atoms with van der Waals surface area (Å²) in [6, 6.07) is 13.9. The highest BCUT2D eigenvalue weighted by molar-refractivity contribution is 5.96. The number of urea groups is 1. The number of benzene rings is 2. The number of nitrogens with two attached hydrogens (primary N) is 1. The average Bonchev–Trinajstić information content (AvgIpc) is 2.50. The number of carbonyl (C=O) groups excluding carboxylic acids is 1. The maximum atomic E-state index is 13.8. The average molecular weight is 313 g/mol. The molecule has 0 saturated heterocycles. The minimum Gasteiger partial charge on any atom is -0.359 e. The van der Waals surface area contributed by atoms with E-state index in [0.717, 1.165) is 5.56 Å². The van der Waals surface area contributed by atoms with Gasteiger partial charge in [0.05, 0.1) is 23.5 Å². The van der Waals surface area contributed by atoms with Gasteiger partial charge in [-0.05, 0) is 37.6 Å². The molecule has 3 rings (SSSR count). The Hall–Kier alpha value is -2.56. The highest BCUT2D eigenvalue weighted by Gasteiger charge is 2.38. The molecule has 0 aliphatic carbocycles. The first-order valence-electron chi connectivity index (χ1n) is 7.56. The van der Waals surface area contributed by atoms with Gasteiger partial charge in [0.15, 0.2) is 0 Å². The van der Waals surface area contributed by atoms with E-state index in [-0.39, 0.29) is 11.4 Å². The molecule has 0 saturated carbocycles. The molecule has 0 atom stereocenters. The van der Waals surface area contributed by atoms with Gasteiger partial charge in [0, 0.05) is 6.54 Å². The molecule has 5 heteroatoms. The zero-order chi connectivity index (χ0) is 16.6. The van der Waals surface area contributed by atoms with Crippen molar-refractivity contribution in [1.29, 1.82) is 0 Å². The van der Waals surface area contributed by atoms with Gasteiger partial charge in [-0.2, -0.15) is 0 Å². The van der Waals surface area contributed by atoms with Gasteiger partial charge in [-0.15, -0.1) is 0 Å². The first-order valence-corrected chi connectivity index (χ1v) is 7.56. The second kappa shape index (κ2) is 5.57. The van der Waals surface area contributed by atoms with Crippen LogP contribution in [0, 0.1) is 5.82 Å². The van der Waals surface area contributed by atoms with Crippen molar-refractivity contribution in [2.45, 2.75) is 25.9 Å². The van der Waals surface area contributed by atoms with Crippen molar-refractivity contribution < 1.29 is 9.18 Å². The van der Waals surface area contributed by atoms with E-state index in [1.807, 2.05) is 44.2 Å². The van der Waals surface area contributed by atoms with Crippen LogP contribution < -0.4 is 15.5 Å². The van der Waals surface area contributed by atoms with Crippen LogP contribution in [0.15, 0.2) is 48.5 Å². The van der Waals surface area contributed by atoms with Gasteiger partial charge in [0.2, 0.25) is 0 Å². The van der Waals surface area contributed by atoms with E-state index in [0.29, 0.717) is 24.5 Å². The number of amides is 2. The van der Waals surface area contributed by atoms with E-state index < -0.39 is 6.03 Å². The summed E-state index contributed by atoms with van der Waals surface area (Å²) in [5.41, 5.74) is 7.60. The summed E-state index contributed by atoms with van der Waals surface area (Å²) < 4.78 is 13.8. The summed E-state index contributed by atoms with van der Waals surface area (Å²) in [6.45, 7) is 5.14. The van der Waals surface area contributed by atoms with Crippen LogP contribution in [0.5, 0.6) is 0 Å². The molecule has 2 aromatic carbocycles. The van der Waals surface area contributed by atoms with E-state index in [1.165, 1.54) is 17.0 Å². The Morgan fingerprint density at radius 3 is 2.52 bits per heavy atom. The second-order valence-electron chi connectivity index (χ2n) is 6.44. The zero-order valence-corrected chi connectivity index (χ0v) is 13.3. The Bertz CT molecular complexity index is 730. The molecule has 23 heavy (non-hydrogen) atoms. The fourth-order valence-corrected chi connectivity index (χ4v) is 3.09. The van der Waals surface area contributed by atoms with Gasteiger partial charge >= 0.3 is 6.03 Å². The Morgan fingerprint density at radius 1 is 1.17 bits per heavy atom. The third-order valence-electron chi connectivity index (χ3n) is 4.24. The van der Waals surface area contributed by atoms with Gasteiger partial charge in [-0.3, -0.25) is 4.90 Å². The number of hydrogen-bond acceptors (Lipinski definition) is 2. The molecule has 2 amide bonds. The van der Waals surface area contributed by atoms with Crippen molar-refractivity contribution in [2.24, 2.45) is 5.73 Å². The molecule has 120 valence electrons. The van der Waals surface area contributed by atoms with Crippen molar-refractivity contribution in [3.8, 4) is 0 Å². The Kier molecular flexibility index (Phi) is 3.72. The number of carbonyl (C=O) groups is 1. The highest BCUT2D eigenvalue weighted by Crippen LogP contribution is 2.40. The molecule has 1 aliphatic rings. The van der Waals surface area contributed by atoms with Crippen molar-refractivity contribution in [3.05, 3.63) is 59.9 Å². The fourth-order valence-electron chi connectivity index (χ4n) is 3.09. The van der Waals surface area contributed by atoms with Crippen LogP contribution in [0.25, 0.3) is 0 Å². The number of anilines is 2. The smallest absolute Gasteiger partial charge is 0.319 e. The zero-order valence-electron chi connectivity index (χ0n) is 13.3. The van der Waals surface area contributed by atoms with Crippen molar-refractivity contribution in [2.75, 3.05) is 16.3 Å². The van der Waals surface area contributed by atoms with Crippen LogP contribution >= 0.6 is 0 Å². The Labute approximate surface area is 135 Å². The topological polar surface area (TPSA) is 49.6 Å². The molecule has 2 aromatic rings. The van der Waals surface area contributed by atoms with Crippen LogP contribution in [0.2, 0.25) is 0 Å². The van der Waals surface area contributed by atoms with Crippen LogP contribution in [0.3, 0.4) is 0 Å². The molecule has 0 spiro atoms. The van der Waals surface area contributed by atoms with E-state index in [4.69, 9.17) is 5.73 Å². The summed E-state index contributed by atoms with van der Waals surface area (Å²) in [6.07, 6.45) is 0. The monoisotopic (exact) mass is 313 g/mol. The minimum atomic E-state index is -0.523. The van der Waals surface area contributed by atoms with E-state index in [2.05, 4.69) is 4.90 Å². The molecular formula is C18H20FN3O. The number of fused-ring (bicyclic) bond motifs is 1. The minimum absolute atomic E-state index is 0.330. The third-order valence-corrected chi connectivity index (χ3v) is 4.24. The molecule has 0 fully saturated rings. The SMILES string of the molecule is CC1(C)CN(C(N)=O)c2ccc(F)cc2N1Cc1ccccc1. The van der Waals surface area contributed by atoms with Crippen molar-refractivity contribution in [3.63, 3.8) is 0 Å². The van der Waals surface area contributed by atoms with Gasteiger partial charge in [0.25, 0.3) is 0 Å². The number of hydrogen-bond donors (Lipinski definition) is 1. The lowest BCUT2D eigenvalue weighted by atomic mass is 9.95. The Morgan fingerprint density at radius 2 is 1.87 bits per heavy atom. The lowest BCUT2D eigenvalue weighted by Gasteiger charge is -2.48. The summed E-state index contributed by atoms with van der Waals surface area (Å²) in [7, 11) is 0. The fraction of sp³-hybridized carbons (Fsp3) is 0.278. The third kappa shape index (κ3) is 2.86. The van der Waals surface area contributed by atoms with Crippen LogP contribution in [-0.4, -0.2) is 18.1 Å². The van der Waals surface area contributed by atoms with Gasteiger partial charge in [-0.1, -0.05) is 30.3 Å². The van der Waals surface area contributed by atoms with E-state index in [1.54, 1.807) is 6.07 Å². The molecule has 4 nitrogen and oxygen atoms in total. The molecule has 1 aliphatic heterocycles. The number of halogens is 1.